The molecular formula is C18H30BrNO. The van der Waals surface area contributed by atoms with Crippen LogP contribution in [0.2, 0.25) is 0 Å². The van der Waals surface area contributed by atoms with E-state index < -0.39 is 0 Å². The summed E-state index contributed by atoms with van der Waals surface area (Å²) in [6.45, 7) is 6.81. The van der Waals surface area contributed by atoms with E-state index in [0.717, 1.165) is 49.3 Å². The first-order valence-electron chi connectivity index (χ1n) is 8.77. The smallest absolute Gasteiger partial charge is 0.226 e. The molecule has 0 spiro atoms. The van der Waals surface area contributed by atoms with Gasteiger partial charge in [-0.1, -0.05) is 36.7 Å². The molecule has 0 aromatic rings. The number of amides is 1. The van der Waals surface area contributed by atoms with Crippen molar-refractivity contribution in [3.05, 3.63) is 0 Å². The van der Waals surface area contributed by atoms with Gasteiger partial charge >= 0.3 is 0 Å². The second-order valence-electron chi connectivity index (χ2n) is 8.63. The van der Waals surface area contributed by atoms with Crippen LogP contribution in [0.3, 0.4) is 0 Å². The summed E-state index contributed by atoms with van der Waals surface area (Å²) in [5.41, 5.74) is 0.342. The third-order valence-corrected chi connectivity index (χ3v) is 7.90. The molecule has 2 nitrogen and oxygen atoms in total. The Balaban J connectivity index is 1.81. The fraction of sp³-hybridized carbons (Fsp3) is 0.944. The van der Waals surface area contributed by atoms with E-state index in [9.17, 15) is 4.79 Å². The Kier molecular flexibility index (Phi) is 3.96. The number of carbonyl (C=O) groups excluding carboxylic acids is 1. The van der Waals surface area contributed by atoms with Gasteiger partial charge in [-0.2, -0.15) is 0 Å². The molecule has 0 aliphatic heterocycles. The molecule has 0 saturated heterocycles. The molecule has 3 heteroatoms. The summed E-state index contributed by atoms with van der Waals surface area (Å²) in [6, 6.07) is 0. The Hall–Kier alpha value is -0.0500. The second-order valence-corrected chi connectivity index (χ2v) is 9.19. The van der Waals surface area contributed by atoms with Crippen molar-refractivity contribution in [3.63, 3.8) is 0 Å². The molecule has 0 heterocycles. The highest BCUT2D eigenvalue weighted by Gasteiger charge is 2.59. The molecule has 2 atom stereocenters. The van der Waals surface area contributed by atoms with E-state index in [2.05, 4.69) is 42.0 Å². The monoisotopic (exact) mass is 355 g/mol. The maximum Gasteiger partial charge on any atom is 0.226 e. The summed E-state index contributed by atoms with van der Waals surface area (Å²) in [6.07, 6.45) is 9.54. The van der Waals surface area contributed by atoms with Gasteiger partial charge in [-0.05, 0) is 68.6 Å². The van der Waals surface area contributed by atoms with Gasteiger partial charge in [-0.3, -0.25) is 4.79 Å². The predicted octanol–water partition coefficient (Wildman–Crippen LogP) is 4.66. The van der Waals surface area contributed by atoms with Crippen molar-refractivity contribution in [2.45, 2.75) is 77.7 Å². The average molecular weight is 356 g/mol. The third-order valence-electron chi connectivity index (χ3n) is 6.82. The Morgan fingerprint density at radius 1 is 1.19 bits per heavy atom. The van der Waals surface area contributed by atoms with Gasteiger partial charge < -0.3 is 5.32 Å². The number of alkyl halides is 1. The maximum absolute atomic E-state index is 13.2. The lowest BCUT2D eigenvalue weighted by molar-refractivity contribution is -0.157. The number of nitrogens with one attached hydrogen (secondary N) is 1. The van der Waals surface area contributed by atoms with Crippen LogP contribution in [0.4, 0.5) is 0 Å². The molecule has 4 aliphatic carbocycles. The van der Waals surface area contributed by atoms with Crippen LogP contribution >= 0.6 is 15.9 Å². The standard InChI is InChI=1S/C18H30BrNO/c1-4-18(5-2,12-19)20-15(21)17-9-13-6-14(10-17)8-16(3,7-13)11-17/h13-14H,4-12H2,1-3H3,(H,20,21). The summed E-state index contributed by atoms with van der Waals surface area (Å²) in [4.78, 5) is 13.2. The van der Waals surface area contributed by atoms with E-state index in [-0.39, 0.29) is 11.0 Å². The average Bonchev–Trinajstić information content (AvgIpc) is 2.42. The molecule has 0 radical (unpaired) electrons. The number of carbonyl (C=O) groups is 1. The summed E-state index contributed by atoms with van der Waals surface area (Å²) in [5, 5.41) is 4.33. The normalized spacial score (nSPS) is 41.3. The fourth-order valence-corrected chi connectivity index (χ4v) is 6.94. The zero-order valence-electron chi connectivity index (χ0n) is 13.8. The molecule has 120 valence electrons. The lowest BCUT2D eigenvalue weighted by Crippen LogP contribution is -2.61. The van der Waals surface area contributed by atoms with Crippen LogP contribution in [0.25, 0.3) is 0 Å². The molecule has 4 saturated carbocycles. The summed E-state index contributed by atoms with van der Waals surface area (Å²) >= 11 is 3.63. The number of halogens is 1. The molecule has 0 aromatic heterocycles. The number of rotatable bonds is 5. The van der Waals surface area contributed by atoms with Crippen LogP contribution in [0.15, 0.2) is 0 Å². The zero-order chi connectivity index (χ0) is 15.3. The van der Waals surface area contributed by atoms with Gasteiger partial charge in [-0.25, -0.2) is 0 Å². The van der Waals surface area contributed by atoms with Crippen LogP contribution < -0.4 is 5.32 Å². The summed E-state index contributed by atoms with van der Waals surface area (Å²) < 4.78 is 0. The minimum atomic E-state index is -0.0542. The minimum absolute atomic E-state index is 0.0450. The van der Waals surface area contributed by atoms with Crippen molar-refractivity contribution < 1.29 is 4.79 Å². The lowest BCUT2D eigenvalue weighted by atomic mass is 9.44. The maximum atomic E-state index is 13.2. The van der Waals surface area contributed by atoms with Crippen molar-refractivity contribution in [3.8, 4) is 0 Å². The largest absolute Gasteiger partial charge is 0.349 e. The fourth-order valence-electron chi connectivity index (χ4n) is 6.01. The van der Waals surface area contributed by atoms with Gasteiger partial charge in [0.1, 0.15) is 0 Å². The summed E-state index contributed by atoms with van der Waals surface area (Å²) in [7, 11) is 0. The van der Waals surface area contributed by atoms with Crippen molar-refractivity contribution in [2.75, 3.05) is 5.33 Å². The Morgan fingerprint density at radius 2 is 1.76 bits per heavy atom. The topological polar surface area (TPSA) is 29.1 Å². The minimum Gasteiger partial charge on any atom is -0.349 e. The van der Waals surface area contributed by atoms with Gasteiger partial charge in [-0.15, -0.1) is 0 Å². The Morgan fingerprint density at radius 3 is 2.19 bits per heavy atom. The lowest BCUT2D eigenvalue weighted by Gasteiger charge is -2.60. The number of hydrogen-bond acceptors (Lipinski definition) is 1. The van der Waals surface area contributed by atoms with E-state index in [1.165, 1.54) is 19.3 Å². The molecule has 0 aromatic carbocycles. The van der Waals surface area contributed by atoms with Gasteiger partial charge in [0.25, 0.3) is 0 Å². The molecular weight excluding hydrogens is 326 g/mol. The van der Waals surface area contributed by atoms with Crippen LogP contribution in [0, 0.1) is 22.7 Å². The molecule has 4 bridgehead atoms. The zero-order valence-corrected chi connectivity index (χ0v) is 15.4. The van der Waals surface area contributed by atoms with Crippen LogP contribution in [-0.2, 0) is 4.79 Å². The van der Waals surface area contributed by atoms with Crippen molar-refractivity contribution >= 4 is 21.8 Å². The highest BCUT2D eigenvalue weighted by molar-refractivity contribution is 9.09. The van der Waals surface area contributed by atoms with Gasteiger partial charge in [0.15, 0.2) is 0 Å². The van der Waals surface area contributed by atoms with Crippen LogP contribution in [0.5, 0.6) is 0 Å². The van der Waals surface area contributed by atoms with Crippen LogP contribution in [-0.4, -0.2) is 16.8 Å². The first kappa shape index (κ1) is 15.8. The Bertz CT molecular complexity index is 407. The third kappa shape index (κ3) is 2.58. The van der Waals surface area contributed by atoms with Crippen molar-refractivity contribution in [1.29, 1.82) is 0 Å². The SMILES string of the molecule is CCC(CC)(CBr)NC(=O)C12CC3CC(CC(C)(C3)C1)C2. The first-order valence-corrected chi connectivity index (χ1v) is 9.89. The van der Waals surface area contributed by atoms with Gasteiger partial charge in [0.2, 0.25) is 5.91 Å². The van der Waals surface area contributed by atoms with Crippen molar-refractivity contribution in [1.82, 2.24) is 5.32 Å². The van der Waals surface area contributed by atoms with E-state index in [0.29, 0.717) is 11.3 Å². The number of hydrogen-bond donors (Lipinski definition) is 1. The molecule has 4 aliphatic rings. The predicted molar refractivity (Wildman–Crippen MR) is 90.5 cm³/mol. The molecule has 1 N–H and O–H groups in total. The molecule has 21 heavy (non-hydrogen) atoms. The van der Waals surface area contributed by atoms with Crippen LogP contribution in [0.1, 0.15) is 72.1 Å². The first-order chi connectivity index (χ1) is 9.88. The van der Waals surface area contributed by atoms with E-state index in [1.54, 1.807) is 0 Å². The van der Waals surface area contributed by atoms with Crippen molar-refractivity contribution in [2.24, 2.45) is 22.7 Å². The highest BCUT2D eigenvalue weighted by atomic mass is 79.9. The Labute approximate surface area is 138 Å². The van der Waals surface area contributed by atoms with E-state index in [1.807, 2.05) is 0 Å². The van der Waals surface area contributed by atoms with Gasteiger partial charge in [0, 0.05) is 10.9 Å². The molecule has 4 rings (SSSR count). The summed E-state index contributed by atoms with van der Waals surface area (Å²) in [5.74, 6) is 1.98. The van der Waals surface area contributed by atoms with E-state index >= 15 is 0 Å². The second kappa shape index (κ2) is 5.25. The van der Waals surface area contributed by atoms with E-state index in [4.69, 9.17) is 0 Å². The van der Waals surface area contributed by atoms with Gasteiger partial charge in [0.05, 0.1) is 5.41 Å². The highest BCUT2D eigenvalue weighted by Crippen LogP contribution is 2.65. The molecule has 1 amide bonds. The molecule has 4 fully saturated rings. The molecule has 2 unspecified atom stereocenters. The quantitative estimate of drug-likeness (QED) is 0.713.